The number of nitrogens with zero attached hydrogens (tertiary/aromatic N) is 1. The minimum absolute atomic E-state index is 0.170. The minimum Gasteiger partial charge on any atom is -0.256 e. The average molecular weight is 220 g/mol. The lowest BCUT2D eigenvalue weighted by Crippen LogP contribution is -1.91. The fourth-order valence-electron chi connectivity index (χ4n) is 1.55. The quantitative estimate of drug-likeness (QED) is 0.708. The lowest BCUT2D eigenvalue weighted by Gasteiger charge is -2.08. The van der Waals surface area contributed by atoms with Gasteiger partial charge >= 0.3 is 0 Å². The van der Waals surface area contributed by atoms with Gasteiger partial charge in [-0.3, -0.25) is 4.98 Å². The van der Waals surface area contributed by atoms with Gasteiger partial charge in [0.1, 0.15) is 0 Å². The third-order valence-electron chi connectivity index (χ3n) is 2.41. The van der Waals surface area contributed by atoms with E-state index in [1.165, 1.54) is 18.2 Å². The number of hydrogen-bond acceptors (Lipinski definition) is 1. The van der Waals surface area contributed by atoms with Crippen LogP contribution in [0.5, 0.6) is 0 Å². The molecule has 1 aromatic carbocycles. The van der Waals surface area contributed by atoms with Gasteiger partial charge in [-0.1, -0.05) is 23.8 Å². The van der Waals surface area contributed by atoms with Crippen LogP contribution >= 0.6 is 0 Å². The second kappa shape index (κ2) is 4.09. The van der Waals surface area contributed by atoms with Gasteiger partial charge in [0.25, 0.3) is 0 Å². The molecule has 0 unspecified atom stereocenters. The van der Waals surface area contributed by atoms with E-state index in [0.29, 0.717) is 11.1 Å². The van der Waals surface area contributed by atoms with Crippen LogP contribution < -0.4 is 0 Å². The summed E-state index contributed by atoms with van der Waals surface area (Å²) in [5.74, 6) is 0. The summed E-state index contributed by atoms with van der Waals surface area (Å²) in [5.41, 5.74) is 1.03. The zero-order chi connectivity index (χ0) is 19.2. The molecule has 2 aromatic rings. The van der Waals surface area contributed by atoms with Gasteiger partial charge < -0.3 is 0 Å². The summed E-state index contributed by atoms with van der Waals surface area (Å²) in [6.07, 6.45) is 1.06. The monoisotopic (exact) mass is 220 g/mol. The molecular formula is C15H17N. The van der Waals surface area contributed by atoms with E-state index in [2.05, 4.69) is 4.98 Å². The van der Waals surface area contributed by atoms with E-state index in [9.17, 15) is 0 Å². The zero-order valence-electron chi connectivity index (χ0n) is 17.8. The zero-order valence-corrected chi connectivity index (χ0v) is 8.83. The van der Waals surface area contributed by atoms with Crippen molar-refractivity contribution in [2.24, 2.45) is 0 Å². The molecule has 0 radical (unpaired) electrons. The Morgan fingerprint density at radius 1 is 1.00 bits per heavy atom. The van der Waals surface area contributed by atoms with E-state index < -0.39 is 20.6 Å². The first-order chi connectivity index (χ1) is 11.2. The minimum atomic E-state index is -2.60. The van der Waals surface area contributed by atoms with Crippen LogP contribution in [0.4, 0.5) is 0 Å². The molecule has 0 atom stereocenters. The molecule has 0 N–H and O–H groups in total. The molecule has 0 saturated carbocycles. The van der Waals surface area contributed by atoms with Gasteiger partial charge in [-0.25, -0.2) is 0 Å². The molecule has 0 aliphatic heterocycles. The van der Waals surface area contributed by atoms with Gasteiger partial charge in [0.15, 0.2) is 0 Å². The van der Waals surface area contributed by atoms with E-state index in [1.807, 2.05) is 0 Å². The molecule has 0 aliphatic rings. The highest BCUT2D eigenvalue weighted by Gasteiger charge is 2.04. The molecular weight excluding hydrogens is 194 g/mol. The molecule has 0 fully saturated rings. The van der Waals surface area contributed by atoms with E-state index in [0.717, 1.165) is 6.20 Å². The van der Waals surface area contributed by atoms with Crippen LogP contribution in [0.3, 0.4) is 0 Å². The summed E-state index contributed by atoms with van der Waals surface area (Å²) in [7, 11) is 0. The number of aromatic nitrogens is 1. The summed E-state index contributed by atoms with van der Waals surface area (Å²) in [6.45, 7) is -5.74. The van der Waals surface area contributed by atoms with E-state index in [1.54, 1.807) is 13.0 Å². The molecule has 2 rings (SSSR count). The van der Waals surface area contributed by atoms with Gasteiger partial charge in [0.2, 0.25) is 0 Å². The maximum Gasteiger partial charge on any atom is 0.0707 e. The molecule has 1 heteroatoms. The van der Waals surface area contributed by atoms with Crippen molar-refractivity contribution in [1.82, 2.24) is 4.98 Å². The third-order valence-corrected chi connectivity index (χ3v) is 2.41. The highest BCUT2D eigenvalue weighted by atomic mass is 14.7. The second-order valence-electron chi connectivity index (χ2n) is 3.64. The molecule has 0 aliphatic carbocycles. The number of pyridine rings is 1. The Hall–Kier alpha value is -1.63. The number of hydrogen-bond donors (Lipinski definition) is 0. The summed E-state index contributed by atoms with van der Waals surface area (Å²) < 4.78 is 67.6. The molecule has 0 saturated heterocycles. The van der Waals surface area contributed by atoms with Gasteiger partial charge in [0, 0.05) is 24.1 Å². The van der Waals surface area contributed by atoms with Gasteiger partial charge in [-0.2, -0.15) is 0 Å². The normalized spacial score (nSPS) is 21.2. The van der Waals surface area contributed by atoms with E-state index >= 15 is 0 Å². The fraction of sp³-hybridized carbons (Fsp3) is 0.267. The molecule has 0 spiro atoms. The molecule has 82 valence electrons. The number of benzene rings is 1. The van der Waals surface area contributed by atoms with Gasteiger partial charge in [-0.15, -0.1) is 0 Å². The van der Waals surface area contributed by atoms with Crippen molar-refractivity contribution >= 4 is 0 Å². The van der Waals surface area contributed by atoms with Crippen molar-refractivity contribution in [3.05, 3.63) is 52.7 Å². The lowest BCUT2D eigenvalue weighted by atomic mass is 10.0. The number of rotatable bonds is 1. The fourth-order valence-corrected chi connectivity index (χ4v) is 1.55. The summed E-state index contributed by atoms with van der Waals surface area (Å²) in [6, 6.07) is 5.73. The van der Waals surface area contributed by atoms with Crippen molar-refractivity contribution in [2.45, 2.75) is 27.5 Å². The topological polar surface area (TPSA) is 12.9 Å². The van der Waals surface area contributed by atoms with Gasteiger partial charge in [0.05, 0.1) is 5.69 Å². The molecule has 1 heterocycles. The first-order valence-corrected chi connectivity index (χ1v) is 4.84. The molecule has 16 heavy (non-hydrogen) atoms. The summed E-state index contributed by atoms with van der Waals surface area (Å²) in [5, 5.41) is 0. The Bertz CT molecular complexity index is 785. The van der Waals surface area contributed by atoms with Crippen LogP contribution in [-0.4, -0.2) is 4.98 Å². The van der Waals surface area contributed by atoms with Crippen molar-refractivity contribution < 1.29 is 12.3 Å². The SMILES string of the molecule is [2H]C([2H])([2H])c1ccc(-c2cc(C([2H])([2H])[2H])c(C([2H])([2H])[2H])cn2)c(C)c1. The molecule has 0 amide bonds. The van der Waals surface area contributed by atoms with E-state index in [-0.39, 0.29) is 22.4 Å². The van der Waals surface area contributed by atoms with Crippen LogP contribution in [0.25, 0.3) is 11.3 Å². The van der Waals surface area contributed by atoms with Crippen molar-refractivity contribution in [3.8, 4) is 11.3 Å². The van der Waals surface area contributed by atoms with Crippen molar-refractivity contribution in [3.63, 3.8) is 0 Å². The molecule has 0 bridgehead atoms. The highest BCUT2D eigenvalue weighted by molar-refractivity contribution is 5.64. The number of aryl methyl sites for hydroxylation is 4. The molecule has 1 nitrogen and oxygen atoms in total. The van der Waals surface area contributed by atoms with Crippen molar-refractivity contribution in [2.75, 3.05) is 0 Å². The van der Waals surface area contributed by atoms with Crippen LogP contribution in [0, 0.1) is 27.5 Å². The van der Waals surface area contributed by atoms with Gasteiger partial charge in [-0.05, 0) is 50.2 Å². The Morgan fingerprint density at radius 3 is 2.56 bits per heavy atom. The summed E-state index contributed by atoms with van der Waals surface area (Å²) in [4.78, 5) is 4.09. The lowest BCUT2D eigenvalue weighted by molar-refractivity contribution is 1.21. The standard InChI is InChI=1S/C15H17N/c1-10-5-6-14(12(3)7-10)15-8-11(2)13(4)9-16-15/h5-9H,1-4H3/i1D3,2D3,4D3. The van der Waals surface area contributed by atoms with Crippen LogP contribution in [0.15, 0.2) is 30.5 Å². The smallest absolute Gasteiger partial charge is 0.0707 e. The Morgan fingerprint density at radius 2 is 1.88 bits per heavy atom. The predicted octanol–water partition coefficient (Wildman–Crippen LogP) is 3.98. The van der Waals surface area contributed by atoms with Crippen molar-refractivity contribution in [1.29, 1.82) is 0 Å². The second-order valence-corrected chi connectivity index (χ2v) is 3.64. The predicted molar refractivity (Wildman–Crippen MR) is 68.6 cm³/mol. The first kappa shape index (κ1) is 4.33. The van der Waals surface area contributed by atoms with Crippen LogP contribution in [0.2, 0.25) is 0 Å². The summed E-state index contributed by atoms with van der Waals surface area (Å²) >= 11 is 0. The maximum atomic E-state index is 7.60. The van der Waals surface area contributed by atoms with Crippen LogP contribution in [0.1, 0.15) is 34.6 Å². The average Bonchev–Trinajstić information content (AvgIpc) is 2.43. The Kier molecular flexibility index (Phi) is 1.11. The largest absolute Gasteiger partial charge is 0.256 e. The third kappa shape index (κ3) is 1.99. The Labute approximate surface area is 110 Å². The molecule has 1 aromatic heterocycles. The first-order valence-electron chi connectivity index (χ1n) is 9.34. The maximum absolute atomic E-state index is 7.60. The van der Waals surface area contributed by atoms with E-state index in [4.69, 9.17) is 12.3 Å². The highest BCUT2D eigenvalue weighted by Crippen LogP contribution is 2.23. The Balaban J connectivity index is 2.62. The van der Waals surface area contributed by atoms with Crippen LogP contribution in [-0.2, 0) is 0 Å².